The zero-order chi connectivity index (χ0) is 11.1. The maximum absolute atomic E-state index is 5.51. The third-order valence-electron chi connectivity index (χ3n) is 2.27. The number of hydrogen-bond donors (Lipinski definition) is 2. The molecule has 1 heterocycles. The fraction of sp³-hybridized carbons (Fsp3) is 0.364. The zero-order valence-electron chi connectivity index (χ0n) is 8.94. The van der Waals surface area contributed by atoms with Crippen LogP contribution in [0.4, 0.5) is 0 Å². The number of ether oxygens (including phenoxy) is 1. The van der Waals surface area contributed by atoms with Crippen LogP contribution >= 0.6 is 0 Å². The standard InChI is InChI=1S/C11H17N3O/c1-3-4-5-10(14-12)9-6-7-13-8-11(9)15-2/h3,6-8,10,14H,1,4-5,12H2,2H3. The fourth-order valence-electron chi connectivity index (χ4n) is 1.46. The number of nitrogens with one attached hydrogen (secondary N) is 1. The molecule has 82 valence electrons. The van der Waals surface area contributed by atoms with E-state index in [1.807, 2.05) is 12.1 Å². The Bertz CT molecular complexity index is 314. The monoisotopic (exact) mass is 207 g/mol. The summed E-state index contributed by atoms with van der Waals surface area (Å²) in [4.78, 5) is 4.00. The second kappa shape index (κ2) is 6.16. The third kappa shape index (κ3) is 3.04. The van der Waals surface area contributed by atoms with Gasteiger partial charge < -0.3 is 4.74 Å². The van der Waals surface area contributed by atoms with Gasteiger partial charge >= 0.3 is 0 Å². The molecule has 0 aliphatic heterocycles. The van der Waals surface area contributed by atoms with Gasteiger partial charge in [0.05, 0.1) is 19.3 Å². The van der Waals surface area contributed by atoms with Gasteiger partial charge in [-0.3, -0.25) is 16.3 Å². The molecule has 4 heteroatoms. The lowest BCUT2D eigenvalue weighted by Crippen LogP contribution is -2.28. The van der Waals surface area contributed by atoms with Gasteiger partial charge in [0.1, 0.15) is 5.75 Å². The molecule has 3 N–H and O–H groups in total. The van der Waals surface area contributed by atoms with Gasteiger partial charge in [0, 0.05) is 11.8 Å². The van der Waals surface area contributed by atoms with Crippen LogP contribution in [-0.2, 0) is 0 Å². The predicted molar refractivity (Wildman–Crippen MR) is 60.3 cm³/mol. The van der Waals surface area contributed by atoms with Crippen molar-refractivity contribution in [2.24, 2.45) is 5.84 Å². The molecular formula is C11H17N3O. The molecule has 0 fully saturated rings. The largest absolute Gasteiger partial charge is 0.495 e. The molecule has 1 unspecified atom stereocenters. The van der Waals surface area contributed by atoms with E-state index in [0.717, 1.165) is 24.2 Å². The van der Waals surface area contributed by atoms with Gasteiger partial charge in [-0.25, -0.2) is 0 Å². The summed E-state index contributed by atoms with van der Waals surface area (Å²) in [5.74, 6) is 6.26. The minimum absolute atomic E-state index is 0.0703. The molecule has 1 aromatic heterocycles. The Morgan fingerprint density at radius 3 is 3.13 bits per heavy atom. The van der Waals surface area contributed by atoms with Crippen molar-refractivity contribution in [2.75, 3.05) is 7.11 Å². The van der Waals surface area contributed by atoms with Crippen LogP contribution < -0.4 is 16.0 Å². The summed E-state index contributed by atoms with van der Waals surface area (Å²) in [6, 6.07) is 1.98. The normalized spacial score (nSPS) is 12.1. The summed E-state index contributed by atoms with van der Waals surface area (Å²) in [6.07, 6.45) is 7.09. The van der Waals surface area contributed by atoms with E-state index in [1.165, 1.54) is 0 Å². The molecule has 0 saturated carbocycles. The number of rotatable bonds is 6. The van der Waals surface area contributed by atoms with Gasteiger partial charge in [-0.1, -0.05) is 6.08 Å². The quantitative estimate of drug-likeness (QED) is 0.422. The van der Waals surface area contributed by atoms with E-state index >= 15 is 0 Å². The van der Waals surface area contributed by atoms with E-state index in [4.69, 9.17) is 10.6 Å². The van der Waals surface area contributed by atoms with Crippen molar-refractivity contribution in [1.82, 2.24) is 10.4 Å². The summed E-state index contributed by atoms with van der Waals surface area (Å²) in [5.41, 5.74) is 3.80. The highest BCUT2D eigenvalue weighted by Crippen LogP contribution is 2.26. The Labute approximate surface area is 90.1 Å². The maximum Gasteiger partial charge on any atom is 0.141 e. The van der Waals surface area contributed by atoms with Gasteiger partial charge in [0.2, 0.25) is 0 Å². The van der Waals surface area contributed by atoms with Gasteiger partial charge in [-0.2, -0.15) is 0 Å². The maximum atomic E-state index is 5.51. The summed E-state index contributed by atoms with van der Waals surface area (Å²) in [6.45, 7) is 3.69. The first-order valence-corrected chi connectivity index (χ1v) is 4.88. The molecule has 4 nitrogen and oxygen atoms in total. The predicted octanol–water partition coefficient (Wildman–Crippen LogP) is 1.56. The molecule has 0 bridgehead atoms. The Balaban J connectivity index is 2.84. The Morgan fingerprint density at radius 1 is 1.73 bits per heavy atom. The first-order chi connectivity index (χ1) is 7.33. The Hall–Kier alpha value is -1.39. The zero-order valence-corrected chi connectivity index (χ0v) is 8.94. The lowest BCUT2D eigenvalue weighted by atomic mass is 10.0. The summed E-state index contributed by atoms with van der Waals surface area (Å²) < 4.78 is 5.22. The molecule has 15 heavy (non-hydrogen) atoms. The number of hydrogen-bond acceptors (Lipinski definition) is 4. The van der Waals surface area contributed by atoms with Crippen LogP contribution in [0.2, 0.25) is 0 Å². The minimum Gasteiger partial charge on any atom is -0.495 e. The van der Waals surface area contributed by atoms with Crippen molar-refractivity contribution < 1.29 is 4.74 Å². The first-order valence-electron chi connectivity index (χ1n) is 4.88. The van der Waals surface area contributed by atoms with Gasteiger partial charge in [0.25, 0.3) is 0 Å². The number of pyridine rings is 1. The smallest absolute Gasteiger partial charge is 0.141 e. The molecule has 1 rings (SSSR count). The van der Waals surface area contributed by atoms with Crippen molar-refractivity contribution in [3.05, 3.63) is 36.7 Å². The molecular weight excluding hydrogens is 190 g/mol. The molecule has 1 aromatic rings. The van der Waals surface area contributed by atoms with E-state index in [2.05, 4.69) is 17.0 Å². The van der Waals surface area contributed by atoms with Crippen LogP contribution in [0.25, 0.3) is 0 Å². The number of aromatic nitrogens is 1. The molecule has 1 atom stereocenters. The molecule has 0 aromatic carbocycles. The molecule has 0 amide bonds. The van der Waals surface area contributed by atoms with Gasteiger partial charge in [0.15, 0.2) is 0 Å². The molecule has 0 radical (unpaired) electrons. The van der Waals surface area contributed by atoms with Crippen LogP contribution in [0, 0.1) is 0 Å². The number of nitrogens with two attached hydrogens (primary N) is 1. The average Bonchev–Trinajstić information content (AvgIpc) is 2.30. The second-order valence-corrected chi connectivity index (χ2v) is 3.20. The van der Waals surface area contributed by atoms with E-state index in [0.29, 0.717) is 0 Å². The third-order valence-corrected chi connectivity index (χ3v) is 2.27. The second-order valence-electron chi connectivity index (χ2n) is 3.20. The average molecular weight is 207 g/mol. The highest BCUT2D eigenvalue weighted by Gasteiger charge is 2.13. The van der Waals surface area contributed by atoms with Gasteiger partial charge in [-0.15, -0.1) is 6.58 Å². The SMILES string of the molecule is C=CCCC(NN)c1ccncc1OC. The summed E-state index contributed by atoms with van der Waals surface area (Å²) in [5, 5.41) is 0. The van der Waals surface area contributed by atoms with Crippen LogP contribution in [0.1, 0.15) is 24.4 Å². The van der Waals surface area contributed by atoms with Crippen LogP contribution in [0.15, 0.2) is 31.1 Å². The Morgan fingerprint density at radius 2 is 2.53 bits per heavy atom. The van der Waals surface area contributed by atoms with Crippen molar-refractivity contribution in [3.63, 3.8) is 0 Å². The number of methoxy groups -OCH3 is 1. The van der Waals surface area contributed by atoms with Crippen LogP contribution in [-0.4, -0.2) is 12.1 Å². The number of hydrazine groups is 1. The van der Waals surface area contributed by atoms with E-state index in [-0.39, 0.29) is 6.04 Å². The van der Waals surface area contributed by atoms with Crippen molar-refractivity contribution in [3.8, 4) is 5.75 Å². The molecule has 0 aliphatic carbocycles. The van der Waals surface area contributed by atoms with E-state index in [1.54, 1.807) is 19.5 Å². The lowest BCUT2D eigenvalue weighted by Gasteiger charge is -2.17. The first kappa shape index (κ1) is 11.7. The highest BCUT2D eigenvalue weighted by atomic mass is 16.5. The molecule has 0 aliphatic rings. The van der Waals surface area contributed by atoms with Crippen molar-refractivity contribution in [1.29, 1.82) is 0 Å². The van der Waals surface area contributed by atoms with Crippen molar-refractivity contribution in [2.45, 2.75) is 18.9 Å². The lowest BCUT2D eigenvalue weighted by molar-refractivity contribution is 0.394. The van der Waals surface area contributed by atoms with E-state index in [9.17, 15) is 0 Å². The summed E-state index contributed by atoms with van der Waals surface area (Å²) >= 11 is 0. The number of allylic oxidation sites excluding steroid dienone is 1. The topological polar surface area (TPSA) is 60.2 Å². The van der Waals surface area contributed by atoms with Crippen LogP contribution in [0.3, 0.4) is 0 Å². The van der Waals surface area contributed by atoms with Crippen LogP contribution in [0.5, 0.6) is 5.75 Å². The number of nitrogens with zero attached hydrogens (tertiary/aromatic N) is 1. The fourth-order valence-corrected chi connectivity index (χ4v) is 1.46. The highest BCUT2D eigenvalue weighted by molar-refractivity contribution is 5.32. The Kier molecular flexibility index (Phi) is 4.80. The minimum atomic E-state index is 0.0703. The van der Waals surface area contributed by atoms with Crippen molar-refractivity contribution >= 4 is 0 Å². The summed E-state index contributed by atoms with van der Waals surface area (Å²) in [7, 11) is 1.63. The molecule has 0 spiro atoms. The molecule has 0 saturated heterocycles. The van der Waals surface area contributed by atoms with E-state index < -0.39 is 0 Å². The van der Waals surface area contributed by atoms with Gasteiger partial charge in [-0.05, 0) is 18.9 Å².